The molecule has 1 amide bonds. The Hall–Kier alpha value is -0.870. The van der Waals surface area contributed by atoms with Crippen molar-refractivity contribution in [3.63, 3.8) is 0 Å². The summed E-state index contributed by atoms with van der Waals surface area (Å²) in [5.74, 6) is 0.336. The molecular weight excluding hydrogens is 250 g/mol. The van der Waals surface area contributed by atoms with Crippen molar-refractivity contribution >= 4 is 5.91 Å². The summed E-state index contributed by atoms with van der Waals surface area (Å²) in [6, 6.07) is 0.788. The summed E-state index contributed by atoms with van der Waals surface area (Å²) in [4.78, 5) is 17.1. The van der Waals surface area contributed by atoms with Gasteiger partial charge in [0.15, 0.2) is 0 Å². The van der Waals surface area contributed by atoms with Crippen molar-refractivity contribution in [3.05, 3.63) is 12.2 Å². The number of carbonyl (C=O) groups is 1. The Balaban J connectivity index is 1.48. The molecule has 0 aromatic rings. The van der Waals surface area contributed by atoms with Gasteiger partial charge in [0.1, 0.15) is 0 Å². The van der Waals surface area contributed by atoms with Crippen LogP contribution >= 0.6 is 0 Å². The summed E-state index contributed by atoms with van der Waals surface area (Å²) >= 11 is 0. The molecule has 2 saturated heterocycles. The number of nitrogens with zero attached hydrogens (tertiary/aromatic N) is 2. The molecule has 3 rings (SSSR count). The number of carbonyl (C=O) groups excluding carboxylic acids is 1. The van der Waals surface area contributed by atoms with Crippen molar-refractivity contribution < 1.29 is 4.79 Å². The van der Waals surface area contributed by atoms with Gasteiger partial charge >= 0.3 is 0 Å². The first-order chi connectivity index (χ1) is 9.74. The van der Waals surface area contributed by atoms with Crippen LogP contribution in [0.3, 0.4) is 0 Å². The first kappa shape index (κ1) is 14.1. The van der Waals surface area contributed by atoms with Crippen molar-refractivity contribution in [2.45, 2.75) is 50.6 Å². The SMILES string of the molecule is NC1C=CC(C(=O)N2CCC(N3CCCCC3)CC2)C1. The third kappa shape index (κ3) is 3.07. The second-order valence-corrected chi connectivity index (χ2v) is 6.54. The van der Waals surface area contributed by atoms with Crippen molar-refractivity contribution in [3.8, 4) is 0 Å². The van der Waals surface area contributed by atoms with E-state index in [1.54, 1.807) is 0 Å². The maximum Gasteiger partial charge on any atom is 0.229 e. The van der Waals surface area contributed by atoms with E-state index in [0.717, 1.165) is 32.4 Å². The molecule has 4 heteroatoms. The summed E-state index contributed by atoms with van der Waals surface area (Å²) in [5, 5.41) is 0. The molecule has 2 atom stereocenters. The fourth-order valence-electron chi connectivity index (χ4n) is 3.88. The lowest BCUT2D eigenvalue weighted by Crippen LogP contribution is -2.49. The lowest BCUT2D eigenvalue weighted by molar-refractivity contribution is -0.135. The lowest BCUT2D eigenvalue weighted by atomic mass is 9.98. The maximum atomic E-state index is 12.4. The zero-order chi connectivity index (χ0) is 13.9. The summed E-state index contributed by atoms with van der Waals surface area (Å²) < 4.78 is 0. The van der Waals surface area contributed by atoms with E-state index in [-0.39, 0.29) is 12.0 Å². The van der Waals surface area contributed by atoms with E-state index in [4.69, 9.17) is 5.73 Å². The van der Waals surface area contributed by atoms with Gasteiger partial charge in [-0.15, -0.1) is 0 Å². The number of amides is 1. The van der Waals surface area contributed by atoms with Gasteiger partial charge in [0.25, 0.3) is 0 Å². The third-order valence-electron chi connectivity index (χ3n) is 5.12. The van der Waals surface area contributed by atoms with Gasteiger partial charge in [-0.05, 0) is 45.2 Å². The van der Waals surface area contributed by atoms with Crippen LogP contribution in [-0.4, -0.2) is 54.0 Å². The highest BCUT2D eigenvalue weighted by atomic mass is 16.2. The van der Waals surface area contributed by atoms with Gasteiger partial charge in [-0.25, -0.2) is 0 Å². The highest BCUT2D eigenvalue weighted by Gasteiger charge is 2.31. The van der Waals surface area contributed by atoms with Gasteiger partial charge in [-0.1, -0.05) is 18.6 Å². The van der Waals surface area contributed by atoms with Crippen LogP contribution in [0.1, 0.15) is 38.5 Å². The monoisotopic (exact) mass is 277 g/mol. The van der Waals surface area contributed by atoms with Crippen LogP contribution in [-0.2, 0) is 4.79 Å². The molecule has 0 aromatic carbocycles. The van der Waals surface area contributed by atoms with Crippen LogP contribution < -0.4 is 5.73 Å². The van der Waals surface area contributed by atoms with Gasteiger partial charge in [0, 0.05) is 25.2 Å². The molecule has 112 valence electrons. The fraction of sp³-hybridized carbons (Fsp3) is 0.812. The molecule has 2 heterocycles. The first-order valence-electron chi connectivity index (χ1n) is 8.21. The molecule has 2 unspecified atom stereocenters. The number of piperidine rings is 2. The standard InChI is InChI=1S/C16H27N3O/c17-14-5-4-13(12-14)16(20)19-10-6-15(7-11-19)18-8-2-1-3-9-18/h4-5,13-15H,1-3,6-12,17H2. The smallest absolute Gasteiger partial charge is 0.229 e. The van der Waals surface area contributed by atoms with E-state index >= 15 is 0 Å². The molecular formula is C16H27N3O. The minimum absolute atomic E-state index is 0.0385. The molecule has 2 aliphatic heterocycles. The molecule has 2 fully saturated rings. The normalized spacial score (nSPS) is 32.8. The van der Waals surface area contributed by atoms with Crippen LogP contribution in [0.2, 0.25) is 0 Å². The molecule has 0 spiro atoms. The Bertz CT molecular complexity index is 368. The molecule has 1 aliphatic carbocycles. The van der Waals surface area contributed by atoms with Crippen molar-refractivity contribution in [1.82, 2.24) is 9.80 Å². The number of hydrogen-bond acceptors (Lipinski definition) is 3. The average molecular weight is 277 g/mol. The van der Waals surface area contributed by atoms with Crippen LogP contribution in [0.15, 0.2) is 12.2 Å². The number of rotatable bonds is 2. The lowest BCUT2D eigenvalue weighted by Gasteiger charge is -2.40. The summed E-state index contributed by atoms with van der Waals surface area (Å²) in [5.41, 5.74) is 5.85. The minimum Gasteiger partial charge on any atom is -0.342 e. The Morgan fingerprint density at radius 1 is 1.00 bits per heavy atom. The van der Waals surface area contributed by atoms with Crippen molar-refractivity contribution in [1.29, 1.82) is 0 Å². The fourth-order valence-corrected chi connectivity index (χ4v) is 3.88. The molecule has 3 aliphatic rings. The highest BCUT2D eigenvalue weighted by Crippen LogP contribution is 2.24. The van der Waals surface area contributed by atoms with Crippen molar-refractivity contribution in [2.24, 2.45) is 11.7 Å². The van der Waals surface area contributed by atoms with Crippen LogP contribution in [0.4, 0.5) is 0 Å². The minimum atomic E-state index is 0.0385. The summed E-state index contributed by atoms with van der Waals surface area (Å²) in [6.07, 6.45) is 11.2. The number of nitrogens with two attached hydrogens (primary N) is 1. The van der Waals surface area contributed by atoms with Gasteiger partial charge in [0.2, 0.25) is 5.91 Å². The van der Waals surface area contributed by atoms with Crippen LogP contribution in [0.25, 0.3) is 0 Å². The maximum absolute atomic E-state index is 12.4. The Labute approximate surface area is 122 Å². The molecule has 4 nitrogen and oxygen atoms in total. The first-order valence-corrected chi connectivity index (χ1v) is 8.21. The Morgan fingerprint density at radius 2 is 1.70 bits per heavy atom. The summed E-state index contributed by atoms with van der Waals surface area (Å²) in [7, 11) is 0. The largest absolute Gasteiger partial charge is 0.342 e. The predicted octanol–water partition coefficient (Wildman–Crippen LogP) is 1.37. The second kappa shape index (κ2) is 6.27. The second-order valence-electron chi connectivity index (χ2n) is 6.54. The zero-order valence-electron chi connectivity index (χ0n) is 12.3. The molecule has 0 radical (unpaired) electrons. The van der Waals surface area contributed by atoms with E-state index < -0.39 is 0 Å². The van der Waals surface area contributed by atoms with Gasteiger partial charge < -0.3 is 15.5 Å². The van der Waals surface area contributed by atoms with E-state index in [2.05, 4.69) is 9.80 Å². The molecule has 0 aromatic heterocycles. The Kier molecular flexibility index (Phi) is 4.41. The Morgan fingerprint density at radius 3 is 2.30 bits per heavy atom. The molecule has 0 saturated carbocycles. The topological polar surface area (TPSA) is 49.6 Å². The van der Waals surface area contributed by atoms with Gasteiger partial charge in [-0.3, -0.25) is 4.79 Å². The van der Waals surface area contributed by atoms with Gasteiger partial charge in [-0.2, -0.15) is 0 Å². The quantitative estimate of drug-likeness (QED) is 0.776. The summed E-state index contributed by atoms with van der Waals surface area (Å²) in [6.45, 7) is 4.39. The molecule has 2 N–H and O–H groups in total. The predicted molar refractivity (Wildman–Crippen MR) is 80.2 cm³/mol. The van der Waals surface area contributed by atoms with E-state index in [0.29, 0.717) is 11.9 Å². The third-order valence-corrected chi connectivity index (χ3v) is 5.12. The number of likely N-dealkylation sites (tertiary alicyclic amines) is 2. The van der Waals surface area contributed by atoms with E-state index in [1.807, 2.05) is 12.2 Å². The zero-order valence-corrected chi connectivity index (χ0v) is 12.3. The highest BCUT2D eigenvalue weighted by molar-refractivity contribution is 5.81. The number of hydrogen-bond donors (Lipinski definition) is 1. The average Bonchev–Trinajstić information content (AvgIpc) is 2.94. The molecule has 20 heavy (non-hydrogen) atoms. The van der Waals surface area contributed by atoms with E-state index in [1.165, 1.54) is 32.4 Å². The van der Waals surface area contributed by atoms with Crippen molar-refractivity contribution in [2.75, 3.05) is 26.2 Å². The van der Waals surface area contributed by atoms with Crippen LogP contribution in [0.5, 0.6) is 0 Å². The molecule has 0 bridgehead atoms. The van der Waals surface area contributed by atoms with Gasteiger partial charge in [0.05, 0.1) is 5.92 Å². The van der Waals surface area contributed by atoms with E-state index in [9.17, 15) is 4.79 Å². The van der Waals surface area contributed by atoms with Crippen LogP contribution in [0, 0.1) is 5.92 Å².